The van der Waals surface area contributed by atoms with Crippen LogP contribution in [-0.2, 0) is 16.1 Å². The number of nitrogens with one attached hydrogen (secondary N) is 1. The van der Waals surface area contributed by atoms with E-state index >= 15 is 0 Å². The van der Waals surface area contributed by atoms with Crippen LogP contribution in [0.5, 0.6) is 0 Å². The minimum absolute atomic E-state index is 0.0380. The van der Waals surface area contributed by atoms with E-state index in [2.05, 4.69) is 5.32 Å². The van der Waals surface area contributed by atoms with Gasteiger partial charge in [-0.2, -0.15) is 0 Å². The van der Waals surface area contributed by atoms with Crippen molar-refractivity contribution in [1.82, 2.24) is 10.2 Å². The summed E-state index contributed by atoms with van der Waals surface area (Å²) in [4.78, 5) is 13.8. The Balaban J connectivity index is 1.79. The number of hydrogen-bond donors (Lipinski definition) is 1. The number of ether oxygens (including phenoxy) is 1. The van der Waals surface area contributed by atoms with Crippen molar-refractivity contribution in [3.63, 3.8) is 0 Å². The molecule has 2 heterocycles. The van der Waals surface area contributed by atoms with Crippen LogP contribution in [0.15, 0.2) is 18.2 Å². The van der Waals surface area contributed by atoms with E-state index in [4.69, 9.17) is 4.74 Å². The quantitative estimate of drug-likeness (QED) is 0.877. The Morgan fingerprint density at radius 2 is 2.00 bits per heavy atom. The highest BCUT2D eigenvalue weighted by atomic mass is 19.1. The van der Waals surface area contributed by atoms with Crippen LogP contribution >= 0.6 is 0 Å². The predicted molar refractivity (Wildman–Crippen MR) is 67.9 cm³/mol. The first-order chi connectivity index (χ1) is 9.63. The zero-order valence-corrected chi connectivity index (χ0v) is 10.9. The molecule has 0 spiro atoms. The molecule has 2 saturated heterocycles. The van der Waals surface area contributed by atoms with Crippen LogP contribution in [0.4, 0.5) is 8.78 Å². The summed E-state index contributed by atoms with van der Waals surface area (Å²) in [6.07, 6.45) is 0. The van der Waals surface area contributed by atoms with E-state index in [0.717, 1.165) is 0 Å². The maximum atomic E-state index is 13.7. The minimum Gasteiger partial charge on any atom is -0.378 e. The van der Waals surface area contributed by atoms with Crippen LogP contribution in [0.25, 0.3) is 0 Å². The first-order valence-corrected chi connectivity index (χ1v) is 6.67. The molecular formula is C14H16F2N2O2. The van der Waals surface area contributed by atoms with Crippen molar-refractivity contribution < 1.29 is 18.3 Å². The zero-order valence-electron chi connectivity index (χ0n) is 10.9. The summed E-state index contributed by atoms with van der Waals surface area (Å²) in [5, 5.41) is 2.89. The van der Waals surface area contributed by atoms with Crippen LogP contribution in [0.3, 0.4) is 0 Å². The molecule has 2 fully saturated rings. The van der Waals surface area contributed by atoms with Gasteiger partial charge in [0, 0.05) is 25.2 Å². The Bertz CT molecular complexity index is 504. The Morgan fingerprint density at radius 1 is 1.25 bits per heavy atom. The second-order valence-electron chi connectivity index (χ2n) is 5.33. The number of amides is 1. The predicted octanol–water partition coefficient (Wildman–Crippen LogP) is 0.912. The van der Waals surface area contributed by atoms with E-state index in [9.17, 15) is 13.6 Å². The molecule has 1 aromatic carbocycles. The van der Waals surface area contributed by atoms with E-state index in [-0.39, 0.29) is 30.0 Å². The molecule has 2 aliphatic heterocycles. The van der Waals surface area contributed by atoms with E-state index < -0.39 is 11.6 Å². The largest absolute Gasteiger partial charge is 0.378 e. The SMILES string of the molecule is O=C1N[C@@H]2COC[C@H]1CN(Cc1c(F)cccc1F)C2. The van der Waals surface area contributed by atoms with Gasteiger partial charge in [0.2, 0.25) is 5.91 Å². The van der Waals surface area contributed by atoms with E-state index in [0.29, 0.717) is 26.3 Å². The maximum absolute atomic E-state index is 13.7. The van der Waals surface area contributed by atoms with Crippen LogP contribution in [0.1, 0.15) is 5.56 Å². The highest BCUT2D eigenvalue weighted by molar-refractivity contribution is 5.79. The van der Waals surface area contributed by atoms with Gasteiger partial charge in [-0.1, -0.05) is 6.07 Å². The lowest BCUT2D eigenvalue weighted by Crippen LogP contribution is -2.41. The van der Waals surface area contributed by atoms with Crippen LogP contribution in [-0.4, -0.2) is 43.2 Å². The molecule has 3 rings (SSSR count). The van der Waals surface area contributed by atoms with Gasteiger partial charge in [0.15, 0.2) is 0 Å². The minimum atomic E-state index is -0.546. The molecule has 1 amide bonds. The van der Waals surface area contributed by atoms with Gasteiger partial charge in [-0.3, -0.25) is 9.69 Å². The molecule has 0 aromatic heterocycles. The monoisotopic (exact) mass is 282 g/mol. The van der Waals surface area contributed by atoms with Crippen molar-refractivity contribution >= 4 is 5.91 Å². The van der Waals surface area contributed by atoms with Crippen molar-refractivity contribution in [3.8, 4) is 0 Å². The third-order valence-corrected chi connectivity index (χ3v) is 3.76. The van der Waals surface area contributed by atoms with Gasteiger partial charge in [0.25, 0.3) is 0 Å². The third-order valence-electron chi connectivity index (χ3n) is 3.76. The van der Waals surface area contributed by atoms with Crippen molar-refractivity contribution in [3.05, 3.63) is 35.4 Å². The fraction of sp³-hybridized carbons (Fsp3) is 0.500. The lowest BCUT2D eigenvalue weighted by atomic mass is 10.1. The Labute approximate surface area is 115 Å². The zero-order chi connectivity index (χ0) is 14.1. The molecule has 4 nitrogen and oxygen atoms in total. The molecule has 2 atom stereocenters. The lowest BCUT2D eigenvalue weighted by Gasteiger charge is -2.27. The van der Waals surface area contributed by atoms with Gasteiger partial charge < -0.3 is 10.1 Å². The van der Waals surface area contributed by atoms with Gasteiger partial charge >= 0.3 is 0 Å². The number of benzene rings is 1. The summed E-state index contributed by atoms with van der Waals surface area (Å²) in [7, 11) is 0. The van der Waals surface area contributed by atoms with Crippen molar-refractivity contribution in [2.24, 2.45) is 5.92 Å². The molecule has 0 saturated carbocycles. The van der Waals surface area contributed by atoms with Crippen molar-refractivity contribution in [2.45, 2.75) is 12.6 Å². The molecule has 1 aromatic rings. The van der Waals surface area contributed by atoms with Crippen LogP contribution < -0.4 is 5.32 Å². The topological polar surface area (TPSA) is 41.6 Å². The highest BCUT2D eigenvalue weighted by Crippen LogP contribution is 2.19. The fourth-order valence-electron chi connectivity index (χ4n) is 2.76. The first-order valence-electron chi connectivity index (χ1n) is 6.67. The van der Waals surface area contributed by atoms with Crippen LogP contribution in [0.2, 0.25) is 0 Å². The van der Waals surface area contributed by atoms with E-state index in [1.54, 1.807) is 0 Å². The number of rotatable bonds is 2. The molecule has 108 valence electrons. The molecule has 0 radical (unpaired) electrons. The van der Waals surface area contributed by atoms with Gasteiger partial charge in [0.1, 0.15) is 11.6 Å². The standard InChI is InChI=1S/C14H16F2N2O2/c15-12-2-1-3-13(16)11(12)6-18-4-9-7-20-8-10(5-18)17-14(9)19/h1-3,9-10H,4-8H2,(H,17,19)/t9-,10+/m1/s1. The second kappa shape index (κ2) is 5.46. The van der Waals surface area contributed by atoms with Gasteiger partial charge in [-0.15, -0.1) is 0 Å². The van der Waals surface area contributed by atoms with Crippen molar-refractivity contribution in [2.75, 3.05) is 26.3 Å². The molecule has 2 aliphatic rings. The average molecular weight is 282 g/mol. The maximum Gasteiger partial charge on any atom is 0.227 e. The first kappa shape index (κ1) is 13.5. The molecular weight excluding hydrogens is 266 g/mol. The average Bonchev–Trinajstić information content (AvgIpc) is 2.63. The molecule has 6 heteroatoms. The summed E-state index contributed by atoms with van der Waals surface area (Å²) in [6.45, 7) is 1.96. The Kier molecular flexibility index (Phi) is 3.67. The highest BCUT2D eigenvalue weighted by Gasteiger charge is 2.33. The number of carbonyl (C=O) groups is 1. The normalized spacial score (nSPS) is 27.0. The summed E-state index contributed by atoms with van der Waals surface area (Å²) >= 11 is 0. The number of nitrogens with zero attached hydrogens (tertiary/aromatic N) is 1. The Hall–Kier alpha value is -1.53. The summed E-state index contributed by atoms with van der Waals surface area (Å²) in [5.41, 5.74) is 0.0563. The van der Waals surface area contributed by atoms with Gasteiger partial charge in [0.05, 0.1) is 25.2 Å². The molecule has 0 aliphatic carbocycles. The second-order valence-corrected chi connectivity index (χ2v) is 5.33. The number of hydrogen-bond acceptors (Lipinski definition) is 3. The van der Waals surface area contributed by atoms with Crippen LogP contribution in [0, 0.1) is 17.6 Å². The smallest absolute Gasteiger partial charge is 0.227 e. The number of carbonyl (C=O) groups excluding carboxylic acids is 1. The lowest BCUT2D eigenvalue weighted by molar-refractivity contribution is -0.125. The van der Waals surface area contributed by atoms with E-state index in [1.165, 1.54) is 18.2 Å². The third kappa shape index (κ3) is 2.66. The molecule has 20 heavy (non-hydrogen) atoms. The van der Waals surface area contributed by atoms with Gasteiger partial charge in [-0.25, -0.2) is 8.78 Å². The molecule has 1 N–H and O–H groups in total. The molecule has 0 unspecified atom stereocenters. The number of halogens is 2. The summed E-state index contributed by atoms with van der Waals surface area (Å²) in [6, 6.07) is 3.74. The number of fused-ring (bicyclic) bond motifs is 3. The summed E-state index contributed by atoms with van der Waals surface area (Å²) < 4.78 is 32.8. The molecule has 2 bridgehead atoms. The Morgan fingerprint density at radius 3 is 2.75 bits per heavy atom. The fourth-order valence-corrected chi connectivity index (χ4v) is 2.76. The van der Waals surface area contributed by atoms with Gasteiger partial charge in [-0.05, 0) is 12.1 Å². The van der Waals surface area contributed by atoms with Crippen molar-refractivity contribution in [1.29, 1.82) is 0 Å². The summed E-state index contributed by atoms with van der Waals surface area (Å²) in [5.74, 6) is -1.41. The van der Waals surface area contributed by atoms with E-state index in [1.807, 2.05) is 4.90 Å².